The van der Waals surface area contributed by atoms with Crippen LogP contribution in [0.1, 0.15) is 36.0 Å². The third-order valence-corrected chi connectivity index (χ3v) is 4.93. The van der Waals surface area contributed by atoms with E-state index in [4.69, 9.17) is 4.74 Å². The van der Waals surface area contributed by atoms with E-state index in [0.717, 1.165) is 19.3 Å². The Labute approximate surface area is 123 Å². The van der Waals surface area contributed by atoms with Gasteiger partial charge in [-0.1, -0.05) is 12.8 Å². The molecule has 1 saturated carbocycles. The average Bonchev–Trinajstić information content (AvgIpc) is 2.47. The van der Waals surface area contributed by atoms with Gasteiger partial charge < -0.3 is 15.2 Å². The SMILES string of the molecule is COc1ccc(C(=O)NC2CCCCC2SC)cc1O. The standard InChI is InChI=1S/C15H21NO3S/c1-19-13-8-7-10(9-12(13)17)15(18)16-11-5-3-4-6-14(11)20-2/h7-9,11,14,17H,3-6H2,1-2H3,(H,16,18). The first-order valence-corrected chi connectivity index (χ1v) is 8.15. The van der Waals surface area contributed by atoms with Crippen molar-refractivity contribution in [2.45, 2.75) is 37.0 Å². The van der Waals surface area contributed by atoms with E-state index in [1.165, 1.54) is 19.6 Å². The summed E-state index contributed by atoms with van der Waals surface area (Å²) in [5, 5.41) is 13.3. The normalized spacial score (nSPS) is 22.3. The summed E-state index contributed by atoms with van der Waals surface area (Å²) in [6.07, 6.45) is 6.67. The molecule has 0 saturated heterocycles. The van der Waals surface area contributed by atoms with E-state index in [1.54, 1.807) is 12.1 Å². The highest BCUT2D eigenvalue weighted by Crippen LogP contribution is 2.29. The lowest BCUT2D eigenvalue weighted by molar-refractivity contribution is 0.0929. The second-order valence-corrected chi connectivity index (χ2v) is 6.10. The minimum Gasteiger partial charge on any atom is -0.504 e. The van der Waals surface area contributed by atoms with Gasteiger partial charge in [0.05, 0.1) is 7.11 Å². The molecule has 4 nitrogen and oxygen atoms in total. The van der Waals surface area contributed by atoms with Gasteiger partial charge in [0.2, 0.25) is 0 Å². The van der Waals surface area contributed by atoms with Crippen LogP contribution in [0.2, 0.25) is 0 Å². The zero-order valence-corrected chi connectivity index (χ0v) is 12.7. The van der Waals surface area contributed by atoms with Crippen molar-refractivity contribution in [3.8, 4) is 11.5 Å². The Hall–Kier alpha value is -1.36. The first-order chi connectivity index (χ1) is 9.65. The number of methoxy groups -OCH3 is 1. The molecule has 1 amide bonds. The smallest absolute Gasteiger partial charge is 0.251 e. The van der Waals surface area contributed by atoms with Crippen molar-refractivity contribution < 1.29 is 14.6 Å². The van der Waals surface area contributed by atoms with Crippen LogP contribution in [0.3, 0.4) is 0 Å². The molecule has 1 aliphatic rings. The maximum atomic E-state index is 12.3. The number of carbonyl (C=O) groups is 1. The fraction of sp³-hybridized carbons (Fsp3) is 0.533. The summed E-state index contributed by atoms with van der Waals surface area (Å²) in [4.78, 5) is 12.3. The van der Waals surface area contributed by atoms with Crippen molar-refractivity contribution in [2.24, 2.45) is 0 Å². The monoisotopic (exact) mass is 295 g/mol. The molecule has 0 heterocycles. The summed E-state index contributed by atoms with van der Waals surface area (Å²) < 4.78 is 4.98. The average molecular weight is 295 g/mol. The lowest BCUT2D eigenvalue weighted by atomic mass is 9.94. The number of amides is 1. The Kier molecular flexibility index (Phi) is 5.17. The molecule has 2 N–H and O–H groups in total. The Morgan fingerprint density at radius 3 is 2.80 bits per heavy atom. The fourth-order valence-electron chi connectivity index (χ4n) is 2.63. The Morgan fingerprint density at radius 1 is 1.40 bits per heavy atom. The number of nitrogens with one attached hydrogen (secondary N) is 1. The van der Waals surface area contributed by atoms with Gasteiger partial charge in [0.25, 0.3) is 5.91 Å². The first kappa shape index (κ1) is 15.0. The molecule has 1 aromatic rings. The number of hydrogen-bond donors (Lipinski definition) is 2. The van der Waals surface area contributed by atoms with Crippen LogP contribution in [0, 0.1) is 0 Å². The van der Waals surface area contributed by atoms with E-state index in [2.05, 4.69) is 11.6 Å². The van der Waals surface area contributed by atoms with Gasteiger partial charge in [-0.25, -0.2) is 0 Å². The summed E-state index contributed by atoms with van der Waals surface area (Å²) in [7, 11) is 1.49. The minimum atomic E-state index is -0.131. The highest BCUT2D eigenvalue weighted by molar-refractivity contribution is 7.99. The van der Waals surface area contributed by atoms with Crippen LogP contribution >= 0.6 is 11.8 Å². The molecule has 2 atom stereocenters. The summed E-state index contributed by atoms with van der Waals surface area (Å²) in [5.41, 5.74) is 0.466. The van der Waals surface area contributed by atoms with Crippen LogP contribution in [-0.4, -0.2) is 35.7 Å². The highest BCUT2D eigenvalue weighted by Gasteiger charge is 2.26. The van der Waals surface area contributed by atoms with Crippen LogP contribution in [0.25, 0.3) is 0 Å². The minimum absolute atomic E-state index is 0.00906. The van der Waals surface area contributed by atoms with Crippen molar-refractivity contribution in [2.75, 3.05) is 13.4 Å². The summed E-state index contributed by atoms with van der Waals surface area (Å²) >= 11 is 1.82. The molecule has 20 heavy (non-hydrogen) atoms. The Morgan fingerprint density at radius 2 is 2.15 bits per heavy atom. The number of phenols is 1. The molecular weight excluding hydrogens is 274 g/mol. The molecule has 1 aromatic carbocycles. The van der Waals surface area contributed by atoms with Gasteiger partial charge >= 0.3 is 0 Å². The maximum absolute atomic E-state index is 12.3. The molecule has 110 valence electrons. The molecular formula is C15H21NO3S. The number of rotatable bonds is 4. The molecule has 5 heteroatoms. The lowest BCUT2D eigenvalue weighted by Crippen LogP contribution is -2.43. The van der Waals surface area contributed by atoms with Gasteiger partial charge in [0.15, 0.2) is 11.5 Å². The number of benzene rings is 1. The van der Waals surface area contributed by atoms with Gasteiger partial charge in [-0.05, 0) is 37.3 Å². The van der Waals surface area contributed by atoms with Crippen LogP contribution in [0.5, 0.6) is 11.5 Å². The molecule has 0 spiro atoms. The molecule has 1 fully saturated rings. The number of ether oxygens (including phenoxy) is 1. The van der Waals surface area contributed by atoms with Gasteiger partial charge in [0.1, 0.15) is 0 Å². The van der Waals surface area contributed by atoms with E-state index >= 15 is 0 Å². The van der Waals surface area contributed by atoms with E-state index < -0.39 is 0 Å². The summed E-state index contributed by atoms with van der Waals surface area (Å²) in [6.45, 7) is 0. The zero-order chi connectivity index (χ0) is 14.5. The third kappa shape index (κ3) is 3.39. The second-order valence-electron chi connectivity index (χ2n) is 5.03. The maximum Gasteiger partial charge on any atom is 0.251 e. The largest absolute Gasteiger partial charge is 0.504 e. The number of phenolic OH excluding ortho intramolecular Hbond substituents is 1. The van der Waals surface area contributed by atoms with E-state index in [-0.39, 0.29) is 17.7 Å². The van der Waals surface area contributed by atoms with Crippen molar-refractivity contribution >= 4 is 17.7 Å². The molecule has 2 rings (SSSR count). The van der Waals surface area contributed by atoms with E-state index in [1.807, 2.05) is 11.8 Å². The van der Waals surface area contributed by atoms with Crippen molar-refractivity contribution in [1.29, 1.82) is 0 Å². The third-order valence-electron chi connectivity index (χ3n) is 3.76. The van der Waals surface area contributed by atoms with Gasteiger partial charge in [0, 0.05) is 16.9 Å². The van der Waals surface area contributed by atoms with Crippen LogP contribution in [0.15, 0.2) is 18.2 Å². The Bertz CT molecular complexity index is 478. The zero-order valence-electron chi connectivity index (χ0n) is 11.9. The quantitative estimate of drug-likeness (QED) is 0.897. The Balaban J connectivity index is 2.05. The molecule has 1 aliphatic carbocycles. The van der Waals surface area contributed by atoms with Gasteiger partial charge in [-0.15, -0.1) is 0 Å². The molecule has 0 radical (unpaired) electrons. The predicted molar refractivity (Wildman–Crippen MR) is 81.7 cm³/mol. The van der Waals surface area contributed by atoms with E-state index in [0.29, 0.717) is 16.6 Å². The molecule has 0 aromatic heterocycles. The summed E-state index contributed by atoms with van der Waals surface area (Å²) in [6, 6.07) is 4.95. The second kappa shape index (κ2) is 6.88. The number of hydrogen-bond acceptors (Lipinski definition) is 4. The topological polar surface area (TPSA) is 58.6 Å². The van der Waals surface area contributed by atoms with Crippen molar-refractivity contribution in [3.63, 3.8) is 0 Å². The number of carbonyl (C=O) groups excluding carboxylic acids is 1. The van der Waals surface area contributed by atoms with Crippen LogP contribution in [0.4, 0.5) is 0 Å². The fourth-order valence-corrected chi connectivity index (χ4v) is 3.56. The molecule has 0 aliphatic heterocycles. The van der Waals surface area contributed by atoms with Crippen LogP contribution in [-0.2, 0) is 0 Å². The highest BCUT2D eigenvalue weighted by atomic mass is 32.2. The molecule has 2 unspecified atom stereocenters. The van der Waals surface area contributed by atoms with E-state index in [9.17, 15) is 9.90 Å². The predicted octanol–water partition coefficient (Wildman–Crippen LogP) is 2.80. The van der Waals surface area contributed by atoms with Gasteiger partial charge in [-0.3, -0.25) is 4.79 Å². The summed E-state index contributed by atoms with van der Waals surface area (Å²) in [5.74, 6) is 0.236. The van der Waals surface area contributed by atoms with Crippen molar-refractivity contribution in [3.05, 3.63) is 23.8 Å². The number of aromatic hydroxyl groups is 1. The van der Waals surface area contributed by atoms with Crippen molar-refractivity contribution in [1.82, 2.24) is 5.32 Å². The number of thioether (sulfide) groups is 1. The van der Waals surface area contributed by atoms with Crippen LogP contribution < -0.4 is 10.1 Å². The van der Waals surface area contributed by atoms with Gasteiger partial charge in [-0.2, -0.15) is 11.8 Å². The lowest BCUT2D eigenvalue weighted by Gasteiger charge is -2.31. The molecule has 0 bridgehead atoms. The first-order valence-electron chi connectivity index (χ1n) is 6.86.